The molecule has 0 aromatic heterocycles. The van der Waals surface area contributed by atoms with E-state index in [1.807, 2.05) is 12.1 Å². The van der Waals surface area contributed by atoms with Gasteiger partial charge in [0, 0.05) is 19.5 Å². The fourth-order valence-corrected chi connectivity index (χ4v) is 5.11. The van der Waals surface area contributed by atoms with Crippen LogP contribution in [0.5, 0.6) is 5.75 Å². The van der Waals surface area contributed by atoms with Crippen LogP contribution in [0.25, 0.3) is 0 Å². The third-order valence-electron chi connectivity index (χ3n) is 7.85. The van der Waals surface area contributed by atoms with Crippen LogP contribution in [0.3, 0.4) is 0 Å². The van der Waals surface area contributed by atoms with Crippen LogP contribution in [0.1, 0.15) is 49.9 Å². The van der Waals surface area contributed by atoms with Gasteiger partial charge in [0.1, 0.15) is 11.9 Å². The molecule has 10 nitrogen and oxygen atoms in total. The summed E-state index contributed by atoms with van der Waals surface area (Å²) in [6.45, 7) is 4.02. The Kier molecular flexibility index (Phi) is 14.7. The maximum absolute atomic E-state index is 12.0. The van der Waals surface area contributed by atoms with Crippen molar-refractivity contribution in [2.24, 2.45) is 0 Å². The molecule has 0 saturated heterocycles. The Bertz CT molecular complexity index is 1800. The topological polar surface area (TPSA) is 140 Å². The van der Waals surface area contributed by atoms with Crippen molar-refractivity contribution in [3.63, 3.8) is 0 Å². The number of carbonyl (C=O) groups excluding carboxylic acids is 2. The van der Waals surface area contributed by atoms with E-state index in [2.05, 4.69) is 91.7 Å². The lowest BCUT2D eigenvalue weighted by Crippen LogP contribution is -2.45. The van der Waals surface area contributed by atoms with Crippen LogP contribution in [0.2, 0.25) is 0 Å². The number of aliphatic carboxylic acids is 2. The van der Waals surface area contributed by atoms with Crippen molar-refractivity contribution in [1.29, 1.82) is 0 Å². The molecule has 52 heavy (non-hydrogen) atoms. The Hall–Kier alpha value is -6.26. The molecule has 0 radical (unpaired) electrons. The Morgan fingerprint density at radius 2 is 1.02 bits per heavy atom. The summed E-state index contributed by atoms with van der Waals surface area (Å²) < 4.78 is 15.9. The monoisotopic (exact) mass is 703 g/mol. The van der Waals surface area contributed by atoms with Gasteiger partial charge in [-0.1, -0.05) is 115 Å². The fourth-order valence-electron chi connectivity index (χ4n) is 5.11. The average Bonchev–Trinajstić information content (AvgIpc) is 3.16. The largest absolute Gasteiger partial charge is 0.485 e. The molecule has 268 valence electrons. The van der Waals surface area contributed by atoms with Crippen LogP contribution < -0.4 is 4.74 Å². The van der Waals surface area contributed by atoms with Crippen molar-refractivity contribution in [1.82, 2.24) is 4.90 Å². The van der Waals surface area contributed by atoms with E-state index in [-0.39, 0.29) is 17.2 Å². The predicted octanol–water partition coefficient (Wildman–Crippen LogP) is 7.24. The molecule has 0 spiro atoms. The van der Waals surface area contributed by atoms with E-state index in [1.54, 1.807) is 12.1 Å². The molecule has 0 saturated carbocycles. The number of carboxylic acid groups (broad SMARTS) is 2. The first-order valence-electron chi connectivity index (χ1n) is 16.6. The van der Waals surface area contributed by atoms with Gasteiger partial charge in [0.15, 0.2) is 0 Å². The van der Waals surface area contributed by atoms with E-state index < -0.39 is 36.1 Å². The molecule has 0 fully saturated rings. The van der Waals surface area contributed by atoms with Crippen molar-refractivity contribution < 1.29 is 43.6 Å². The van der Waals surface area contributed by atoms with Gasteiger partial charge in [-0.2, -0.15) is 0 Å². The maximum atomic E-state index is 12.0. The quantitative estimate of drug-likeness (QED) is 0.107. The summed E-state index contributed by atoms with van der Waals surface area (Å²) in [7, 11) is 2.17. The third kappa shape index (κ3) is 12.0. The van der Waals surface area contributed by atoms with Crippen LogP contribution in [0.4, 0.5) is 0 Å². The highest BCUT2D eigenvalue weighted by atomic mass is 16.6. The number of hydrogen-bond acceptors (Lipinski definition) is 8. The summed E-state index contributed by atoms with van der Waals surface area (Å²) in [4.78, 5) is 49.2. The summed E-state index contributed by atoms with van der Waals surface area (Å²) in [6.07, 6.45) is -3.43. The number of ether oxygens (including phenoxy) is 3. The fraction of sp³-hybridized carbons (Fsp3) is 0.190. The van der Waals surface area contributed by atoms with E-state index >= 15 is 0 Å². The molecular weight excluding hydrogens is 662 g/mol. The van der Waals surface area contributed by atoms with Gasteiger partial charge in [0.25, 0.3) is 0 Å². The highest BCUT2D eigenvalue weighted by molar-refractivity contribution is 5.95. The van der Waals surface area contributed by atoms with Crippen molar-refractivity contribution in [2.75, 3.05) is 13.6 Å². The molecule has 0 bridgehead atoms. The molecule has 0 aliphatic rings. The second-order valence-corrected chi connectivity index (χ2v) is 11.9. The first-order chi connectivity index (χ1) is 25.1. The van der Waals surface area contributed by atoms with Gasteiger partial charge in [-0.05, 0) is 61.0 Å². The van der Waals surface area contributed by atoms with Crippen molar-refractivity contribution in [3.8, 4) is 5.75 Å². The second kappa shape index (κ2) is 19.8. The van der Waals surface area contributed by atoms with Gasteiger partial charge >= 0.3 is 23.9 Å². The summed E-state index contributed by atoms with van der Waals surface area (Å²) >= 11 is 0. The van der Waals surface area contributed by atoms with Crippen LogP contribution in [0.15, 0.2) is 146 Å². The van der Waals surface area contributed by atoms with Gasteiger partial charge in [-0.3, -0.25) is 0 Å². The standard InChI is InChI=1S/C24H27NO.C18H14O8/c1-20-11-9-10-16-23(20)26-24(22-14-7-4-8-15-22)17-18-25(2)19-21-12-5-3-6-13-21;19-15(20)13(25-17(23)11-7-3-1-4-8-11)14(16(21)22)26-18(24)12-9-5-2-6-10-12/h3-16,24H,17-19H2,1-2H3;1-10,13-14H,(H,19,20)(H,21,22)/t24-;13-,14-/m10/s1. The second-order valence-electron chi connectivity index (χ2n) is 11.9. The first-order valence-corrected chi connectivity index (χ1v) is 16.6. The number of nitrogens with zero attached hydrogens (tertiary/aromatic N) is 1. The van der Waals surface area contributed by atoms with Gasteiger partial charge in [0.2, 0.25) is 12.2 Å². The Morgan fingerprint density at radius 3 is 1.48 bits per heavy atom. The third-order valence-corrected chi connectivity index (χ3v) is 7.85. The van der Waals surface area contributed by atoms with Gasteiger partial charge < -0.3 is 29.3 Å². The maximum Gasteiger partial charge on any atom is 0.349 e. The van der Waals surface area contributed by atoms with Crippen molar-refractivity contribution in [3.05, 3.63) is 173 Å². The first kappa shape index (κ1) is 38.5. The molecule has 5 rings (SSSR count). The van der Waals surface area contributed by atoms with Crippen LogP contribution in [-0.2, 0) is 25.6 Å². The lowest BCUT2D eigenvalue weighted by molar-refractivity contribution is -0.166. The SMILES string of the molecule is Cc1ccccc1O[C@H](CCN(C)Cc1ccccc1)c1ccccc1.O=C(O[C@H](C(=O)O)[C@H](OC(=O)c1ccccc1)C(=O)O)c1ccccc1. The van der Waals surface area contributed by atoms with E-state index in [1.165, 1.54) is 65.2 Å². The summed E-state index contributed by atoms with van der Waals surface area (Å²) in [5, 5.41) is 18.5. The lowest BCUT2D eigenvalue weighted by atomic mass is 10.1. The molecule has 0 aliphatic carbocycles. The number of carboxylic acids is 2. The highest BCUT2D eigenvalue weighted by Gasteiger charge is 2.41. The molecule has 0 aliphatic heterocycles. The van der Waals surface area contributed by atoms with Gasteiger partial charge in [-0.15, -0.1) is 0 Å². The number of aryl methyl sites for hydroxylation is 1. The van der Waals surface area contributed by atoms with E-state index in [4.69, 9.17) is 14.2 Å². The molecular formula is C42H41NO9. The number of esters is 2. The van der Waals surface area contributed by atoms with Gasteiger partial charge in [-0.25, -0.2) is 19.2 Å². The predicted molar refractivity (Wildman–Crippen MR) is 195 cm³/mol. The van der Waals surface area contributed by atoms with Crippen molar-refractivity contribution in [2.45, 2.75) is 38.2 Å². The molecule has 0 amide bonds. The minimum atomic E-state index is -2.21. The number of rotatable bonds is 15. The number of hydrogen-bond donors (Lipinski definition) is 2. The smallest absolute Gasteiger partial charge is 0.349 e. The molecule has 10 heteroatoms. The van der Waals surface area contributed by atoms with Crippen molar-refractivity contribution >= 4 is 23.9 Å². The number of para-hydroxylation sites is 1. The minimum Gasteiger partial charge on any atom is -0.485 e. The molecule has 3 atom stereocenters. The van der Waals surface area contributed by atoms with E-state index in [9.17, 15) is 29.4 Å². The van der Waals surface area contributed by atoms with Crippen LogP contribution in [0, 0.1) is 6.92 Å². The Balaban J connectivity index is 0.000000233. The normalized spacial score (nSPS) is 12.3. The number of carbonyl (C=O) groups is 4. The highest BCUT2D eigenvalue weighted by Crippen LogP contribution is 2.27. The van der Waals surface area contributed by atoms with Crippen LogP contribution >= 0.6 is 0 Å². The lowest BCUT2D eigenvalue weighted by Gasteiger charge is -2.24. The average molecular weight is 704 g/mol. The molecule has 5 aromatic carbocycles. The summed E-state index contributed by atoms with van der Waals surface area (Å²) in [6, 6.07) is 44.2. The molecule has 0 heterocycles. The van der Waals surface area contributed by atoms with Crippen LogP contribution in [-0.4, -0.2) is 64.8 Å². The minimum absolute atomic E-state index is 0.0253. The Morgan fingerprint density at radius 1 is 0.596 bits per heavy atom. The zero-order chi connectivity index (χ0) is 37.3. The molecule has 0 unspecified atom stereocenters. The molecule has 2 N–H and O–H groups in total. The van der Waals surface area contributed by atoms with E-state index in [0.29, 0.717) is 0 Å². The summed E-state index contributed by atoms with van der Waals surface area (Å²) in [5.41, 5.74) is 3.79. The number of benzene rings is 5. The molecule has 5 aromatic rings. The summed E-state index contributed by atoms with van der Waals surface area (Å²) in [5.74, 6) is -4.67. The van der Waals surface area contributed by atoms with Gasteiger partial charge in [0.05, 0.1) is 11.1 Å². The van der Waals surface area contributed by atoms with E-state index in [0.717, 1.165) is 25.3 Å². The Labute approximate surface area is 302 Å². The zero-order valence-electron chi connectivity index (χ0n) is 28.9. The zero-order valence-corrected chi connectivity index (χ0v) is 28.9.